The molecule has 0 saturated carbocycles. The molecule has 0 atom stereocenters. The molecule has 0 bridgehead atoms. The number of esters is 2. The SMILES string of the molecule is COC(=O)/C=C(/Nc1cc(F)c(Br)cc1OC)C(=O)OC. The summed E-state index contributed by atoms with van der Waals surface area (Å²) in [6.45, 7) is 0. The molecule has 0 radical (unpaired) electrons. The van der Waals surface area contributed by atoms with Crippen LogP contribution in [-0.4, -0.2) is 33.3 Å². The summed E-state index contributed by atoms with van der Waals surface area (Å²) in [5, 5.41) is 2.58. The van der Waals surface area contributed by atoms with E-state index in [-0.39, 0.29) is 21.6 Å². The van der Waals surface area contributed by atoms with E-state index in [9.17, 15) is 14.0 Å². The van der Waals surface area contributed by atoms with Gasteiger partial charge in [-0.15, -0.1) is 0 Å². The average Bonchev–Trinajstić information content (AvgIpc) is 2.48. The number of rotatable bonds is 5. The Labute approximate surface area is 129 Å². The minimum absolute atomic E-state index is 0.152. The molecule has 1 aromatic rings. The van der Waals surface area contributed by atoms with Crippen LogP contribution in [0.3, 0.4) is 0 Å². The Balaban J connectivity index is 3.20. The lowest BCUT2D eigenvalue weighted by atomic mass is 10.2. The van der Waals surface area contributed by atoms with Gasteiger partial charge in [-0.1, -0.05) is 0 Å². The van der Waals surface area contributed by atoms with Crippen molar-refractivity contribution in [2.75, 3.05) is 26.6 Å². The first-order chi connectivity index (χ1) is 9.92. The Hall–Kier alpha value is -2.09. The first kappa shape index (κ1) is 17.0. The monoisotopic (exact) mass is 361 g/mol. The summed E-state index contributed by atoms with van der Waals surface area (Å²) in [4.78, 5) is 22.9. The van der Waals surface area contributed by atoms with E-state index in [4.69, 9.17) is 4.74 Å². The van der Waals surface area contributed by atoms with E-state index in [0.717, 1.165) is 26.4 Å². The minimum atomic E-state index is -0.814. The van der Waals surface area contributed by atoms with Gasteiger partial charge < -0.3 is 19.5 Å². The standard InChI is InChI=1S/C13H13BrFNO5/c1-19-11-4-7(14)8(15)5-9(11)16-10(13(18)21-3)6-12(17)20-2/h4-6,16H,1-3H3/b10-6+. The van der Waals surface area contributed by atoms with E-state index in [2.05, 4.69) is 30.7 Å². The summed E-state index contributed by atoms with van der Waals surface area (Å²) in [7, 11) is 3.69. The summed E-state index contributed by atoms with van der Waals surface area (Å²) in [6.07, 6.45) is 0.894. The normalized spacial score (nSPS) is 10.8. The Morgan fingerprint density at radius 3 is 2.43 bits per heavy atom. The van der Waals surface area contributed by atoms with Gasteiger partial charge in [0.2, 0.25) is 0 Å². The van der Waals surface area contributed by atoms with Crippen LogP contribution < -0.4 is 10.1 Å². The molecule has 0 aromatic heterocycles. The fourth-order valence-electron chi connectivity index (χ4n) is 1.37. The van der Waals surface area contributed by atoms with Crippen molar-refractivity contribution in [1.29, 1.82) is 0 Å². The molecule has 21 heavy (non-hydrogen) atoms. The van der Waals surface area contributed by atoms with Gasteiger partial charge in [-0.3, -0.25) is 0 Å². The highest BCUT2D eigenvalue weighted by molar-refractivity contribution is 9.10. The fourth-order valence-corrected chi connectivity index (χ4v) is 1.70. The van der Waals surface area contributed by atoms with Gasteiger partial charge in [0, 0.05) is 6.07 Å². The molecule has 114 valence electrons. The van der Waals surface area contributed by atoms with Crippen molar-refractivity contribution in [3.05, 3.63) is 34.2 Å². The number of carbonyl (C=O) groups excluding carboxylic acids is 2. The van der Waals surface area contributed by atoms with E-state index in [1.807, 2.05) is 0 Å². The van der Waals surface area contributed by atoms with Crippen LogP contribution >= 0.6 is 15.9 Å². The van der Waals surface area contributed by atoms with Crippen LogP contribution in [0.15, 0.2) is 28.4 Å². The van der Waals surface area contributed by atoms with E-state index in [1.165, 1.54) is 13.2 Å². The van der Waals surface area contributed by atoms with Crippen molar-refractivity contribution in [1.82, 2.24) is 0 Å². The quantitative estimate of drug-likeness (QED) is 0.640. The minimum Gasteiger partial charge on any atom is -0.495 e. The van der Waals surface area contributed by atoms with Crippen molar-refractivity contribution in [3.8, 4) is 5.75 Å². The number of methoxy groups -OCH3 is 3. The molecule has 0 aliphatic heterocycles. The van der Waals surface area contributed by atoms with Gasteiger partial charge >= 0.3 is 11.9 Å². The first-order valence-corrected chi connectivity index (χ1v) is 6.40. The fraction of sp³-hybridized carbons (Fsp3) is 0.231. The predicted octanol–water partition coefficient (Wildman–Crippen LogP) is 2.24. The van der Waals surface area contributed by atoms with E-state index >= 15 is 0 Å². The molecular weight excluding hydrogens is 349 g/mol. The van der Waals surface area contributed by atoms with Gasteiger partial charge in [0.05, 0.1) is 37.6 Å². The Morgan fingerprint density at radius 1 is 1.24 bits per heavy atom. The number of benzene rings is 1. The largest absolute Gasteiger partial charge is 0.495 e. The zero-order valence-corrected chi connectivity index (χ0v) is 13.1. The molecule has 0 heterocycles. The molecule has 8 heteroatoms. The molecule has 0 fully saturated rings. The predicted molar refractivity (Wildman–Crippen MR) is 76.4 cm³/mol. The Morgan fingerprint density at radius 2 is 1.90 bits per heavy atom. The van der Waals surface area contributed by atoms with Gasteiger partial charge in [-0.05, 0) is 22.0 Å². The van der Waals surface area contributed by atoms with Crippen molar-refractivity contribution >= 4 is 33.6 Å². The number of carbonyl (C=O) groups is 2. The molecule has 1 aromatic carbocycles. The van der Waals surface area contributed by atoms with Crippen LogP contribution in [0.2, 0.25) is 0 Å². The van der Waals surface area contributed by atoms with Crippen molar-refractivity contribution < 1.29 is 28.2 Å². The summed E-state index contributed by atoms with van der Waals surface area (Å²) in [5.74, 6) is -1.88. The van der Waals surface area contributed by atoms with Crippen LogP contribution in [0, 0.1) is 5.82 Å². The maximum absolute atomic E-state index is 13.6. The lowest BCUT2D eigenvalue weighted by Gasteiger charge is -2.13. The van der Waals surface area contributed by atoms with Crippen LogP contribution in [0.4, 0.5) is 10.1 Å². The van der Waals surface area contributed by atoms with E-state index < -0.39 is 17.8 Å². The van der Waals surface area contributed by atoms with Gasteiger partial charge in [-0.25, -0.2) is 14.0 Å². The van der Waals surface area contributed by atoms with Crippen LogP contribution in [0.1, 0.15) is 0 Å². The lowest BCUT2D eigenvalue weighted by molar-refractivity contribution is -0.138. The van der Waals surface area contributed by atoms with Gasteiger partial charge in [-0.2, -0.15) is 0 Å². The smallest absolute Gasteiger partial charge is 0.354 e. The molecule has 0 aliphatic rings. The highest BCUT2D eigenvalue weighted by atomic mass is 79.9. The topological polar surface area (TPSA) is 73.9 Å². The maximum atomic E-state index is 13.6. The molecule has 0 unspecified atom stereocenters. The number of halogens is 2. The molecule has 6 nitrogen and oxygen atoms in total. The molecule has 0 spiro atoms. The molecule has 1 N–H and O–H groups in total. The number of ether oxygens (including phenoxy) is 3. The van der Waals surface area contributed by atoms with Crippen molar-refractivity contribution in [2.45, 2.75) is 0 Å². The van der Waals surface area contributed by atoms with Crippen molar-refractivity contribution in [3.63, 3.8) is 0 Å². The lowest BCUT2D eigenvalue weighted by Crippen LogP contribution is -2.16. The Bertz CT molecular complexity index is 588. The third-order valence-corrected chi connectivity index (χ3v) is 2.99. The van der Waals surface area contributed by atoms with Gasteiger partial charge in [0.15, 0.2) is 0 Å². The zero-order chi connectivity index (χ0) is 16.0. The van der Waals surface area contributed by atoms with Gasteiger partial charge in [0.1, 0.15) is 17.3 Å². The van der Waals surface area contributed by atoms with E-state index in [1.54, 1.807) is 0 Å². The van der Waals surface area contributed by atoms with Crippen LogP contribution in [-0.2, 0) is 19.1 Å². The third-order valence-electron chi connectivity index (χ3n) is 2.38. The second-order valence-electron chi connectivity index (χ2n) is 3.66. The summed E-state index contributed by atoms with van der Waals surface area (Å²) >= 11 is 3.02. The second kappa shape index (κ2) is 7.63. The number of nitrogens with one attached hydrogen (secondary N) is 1. The number of hydrogen-bond donors (Lipinski definition) is 1. The average molecular weight is 362 g/mol. The highest BCUT2D eigenvalue weighted by Crippen LogP contribution is 2.31. The molecular formula is C13H13BrFNO5. The van der Waals surface area contributed by atoms with Crippen molar-refractivity contribution in [2.24, 2.45) is 0 Å². The van der Waals surface area contributed by atoms with E-state index in [0.29, 0.717) is 0 Å². The summed E-state index contributed by atoms with van der Waals surface area (Å²) < 4.78 is 27.8. The molecule has 0 aliphatic carbocycles. The van der Waals surface area contributed by atoms with Crippen LogP contribution in [0.25, 0.3) is 0 Å². The van der Waals surface area contributed by atoms with Gasteiger partial charge in [0.25, 0.3) is 0 Å². The Kier molecular flexibility index (Phi) is 6.16. The van der Waals surface area contributed by atoms with Crippen LogP contribution in [0.5, 0.6) is 5.75 Å². The number of hydrogen-bond acceptors (Lipinski definition) is 6. The maximum Gasteiger partial charge on any atom is 0.354 e. The molecule has 0 saturated heterocycles. The summed E-state index contributed by atoms with van der Waals surface area (Å²) in [5.41, 5.74) is -0.0666. The third kappa shape index (κ3) is 4.45. The molecule has 1 rings (SSSR count). The zero-order valence-electron chi connectivity index (χ0n) is 11.5. The summed E-state index contributed by atoms with van der Waals surface area (Å²) in [6, 6.07) is 2.49. The highest BCUT2D eigenvalue weighted by Gasteiger charge is 2.16. The first-order valence-electron chi connectivity index (χ1n) is 5.61. The second-order valence-corrected chi connectivity index (χ2v) is 4.52. The number of anilines is 1. The molecule has 0 amide bonds.